The van der Waals surface area contributed by atoms with Gasteiger partial charge in [0.1, 0.15) is 6.17 Å². The minimum atomic E-state index is -0.0538. The predicted molar refractivity (Wildman–Crippen MR) is 66.4 cm³/mol. The van der Waals surface area contributed by atoms with E-state index in [1.54, 1.807) is 0 Å². The highest BCUT2D eigenvalue weighted by Gasteiger charge is 2.44. The van der Waals surface area contributed by atoms with Gasteiger partial charge in [-0.3, -0.25) is 10.1 Å². The normalized spacial score (nSPS) is 28.8. The van der Waals surface area contributed by atoms with Crippen LogP contribution in [0.4, 0.5) is 0 Å². The van der Waals surface area contributed by atoms with E-state index >= 15 is 0 Å². The Hall–Kier alpha value is -1.35. The molecule has 1 N–H and O–H groups in total. The Balaban J connectivity index is 1.90. The zero-order chi connectivity index (χ0) is 12.0. The minimum Gasteiger partial charge on any atom is -0.319 e. The summed E-state index contributed by atoms with van der Waals surface area (Å²) in [5.41, 5.74) is 2.45. The number of nitrogens with zero attached hydrogens (tertiary/aromatic N) is 1. The van der Waals surface area contributed by atoms with Crippen molar-refractivity contribution < 1.29 is 4.79 Å². The maximum absolute atomic E-state index is 12.1. The van der Waals surface area contributed by atoms with Gasteiger partial charge in [0, 0.05) is 6.04 Å². The van der Waals surface area contributed by atoms with Gasteiger partial charge >= 0.3 is 0 Å². The molecule has 1 aliphatic heterocycles. The second-order valence-electron chi connectivity index (χ2n) is 5.18. The molecule has 1 saturated heterocycles. The lowest BCUT2D eigenvalue weighted by Gasteiger charge is -2.24. The third-order valence-electron chi connectivity index (χ3n) is 3.64. The number of rotatable bonds is 2. The first-order valence-electron chi connectivity index (χ1n) is 6.31. The summed E-state index contributed by atoms with van der Waals surface area (Å²) in [6.07, 6.45) is 2.39. The maximum atomic E-state index is 12.1. The van der Waals surface area contributed by atoms with Crippen molar-refractivity contribution >= 4 is 5.91 Å². The first-order chi connectivity index (χ1) is 8.16. The molecule has 1 aromatic carbocycles. The zero-order valence-corrected chi connectivity index (χ0v) is 10.3. The lowest BCUT2D eigenvalue weighted by Crippen LogP contribution is -2.32. The van der Waals surface area contributed by atoms with Crippen LogP contribution in [0.25, 0.3) is 0 Å². The van der Waals surface area contributed by atoms with Crippen LogP contribution in [-0.4, -0.2) is 22.9 Å². The van der Waals surface area contributed by atoms with E-state index in [0.29, 0.717) is 6.04 Å². The van der Waals surface area contributed by atoms with E-state index in [1.807, 2.05) is 11.8 Å². The van der Waals surface area contributed by atoms with Gasteiger partial charge in [0.05, 0.1) is 6.04 Å². The summed E-state index contributed by atoms with van der Waals surface area (Å²) < 4.78 is 0. The van der Waals surface area contributed by atoms with Crippen LogP contribution in [0, 0.1) is 6.92 Å². The quantitative estimate of drug-likeness (QED) is 0.842. The minimum absolute atomic E-state index is 0.0538. The van der Waals surface area contributed by atoms with Gasteiger partial charge < -0.3 is 4.90 Å². The average Bonchev–Trinajstić information content (AvgIpc) is 3.09. The van der Waals surface area contributed by atoms with Gasteiger partial charge in [-0.05, 0) is 32.3 Å². The Morgan fingerprint density at radius 2 is 1.88 bits per heavy atom. The highest BCUT2D eigenvalue weighted by atomic mass is 16.2. The molecule has 0 aromatic heterocycles. The Morgan fingerprint density at radius 1 is 1.24 bits per heavy atom. The number of benzene rings is 1. The van der Waals surface area contributed by atoms with Crippen molar-refractivity contribution in [2.24, 2.45) is 0 Å². The molecule has 0 radical (unpaired) electrons. The first-order valence-corrected chi connectivity index (χ1v) is 6.31. The van der Waals surface area contributed by atoms with E-state index in [1.165, 1.54) is 11.1 Å². The predicted octanol–water partition coefficient (Wildman–Crippen LogP) is 1.98. The summed E-state index contributed by atoms with van der Waals surface area (Å²) in [6.45, 7) is 4.03. The van der Waals surface area contributed by atoms with Gasteiger partial charge in [-0.25, -0.2) is 0 Å². The standard InChI is InChI=1S/C14H18N2O/c1-9-3-5-11(6-4-9)13-15-10(2)14(17)16(13)12-7-8-12/h3-6,10,12-13,15H,7-8H2,1-2H3. The fourth-order valence-corrected chi connectivity index (χ4v) is 2.49. The summed E-state index contributed by atoms with van der Waals surface area (Å²) in [7, 11) is 0. The van der Waals surface area contributed by atoms with Crippen LogP contribution in [0.1, 0.15) is 37.1 Å². The molecule has 0 bridgehead atoms. The van der Waals surface area contributed by atoms with Gasteiger partial charge in [-0.1, -0.05) is 29.8 Å². The van der Waals surface area contributed by atoms with Gasteiger partial charge in [0.2, 0.25) is 5.91 Å². The fraction of sp³-hybridized carbons (Fsp3) is 0.500. The van der Waals surface area contributed by atoms with E-state index in [2.05, 4.69) is 36.5 Å². The Labute approximate surface area is 102 Å². The van der Waals surface area contributed by atoms with E-state index in [4.69, 9.17) is 0 Å². The molecule has 0 spiro atoms. The van der Waals surface area contributed by atoms with Crippen molar-refractivity contribution in [3.8, 4) is 0 Å². The first kappa shape index (κ1) is 10.8. The molecule has 2 fully saturated rings. The largest absolute Gasteiger partial charge is 0.319 e. The second-order valence-corrected chi connectivity index (χ2v) is 5.18. The zero-order valence-electron chi connectivity index (χ0n) is 10.3. The monoisotopic (exact) mass is 230 g/mol. The van der Waals surface area contributed by atoms with Crippen molar-refractivity contribution in [3.05, 3.63) is 35.4 Å². The average molecular weight is 230 g/mol. The van der Waals surface area contributed by atoms with Gasteiger partial charge in [0.25, 0.3) is 0 Å². The van der Waals surface area contributed by atoms with Crippen LogP contribution < -0.4 is 5.32 Å². The third kappa shape index (κ3) is 1.84. The number of aryl methyl sites for hydroxylation is 1. The molecule has 1 amide bonds. The summed E-state index contributed by atoms with van der Waals surface area (Å²) in [5, 5.41) is 3.39. The molecule has 90 valence electrons. The summed E-state index contributed by atoms with van der Waals surface area (Å²) >= 11 is 0. The van der Waals surface area contributed by atoms with Crippen LogP contribution >= 0.6 is 0 Å². The van der Waals surface area contributed by atoms with Crippen LogP contribution in [0.2, 0.25) is 0 Å². The summed E-state index contributed by atoms with van der Waals surface area (Å²) in [5.74, 6) is 0.248. The highest BCUT2D eigenvalue weighted by molar-refractivity contribution is 5.84. The van der Waals surface area contributed by atoms with Crippen LogP contribution in [0.3, 0.4) is 0 Å². The molecule has 17 heavy (non-hydrogen) atoms. The lowest BCUT2D eigenvalue weighted by molar-refractivity contribution is -0.130. The molecule has 1 heterocycles. The molecular weight excluding hydrogens is 212 g/mol. The van der Waals surface area contributed by atoms with Crippen molar-refractivity contribution in [3.63, 3.8) is 0 Å². The SMILES string of the molecule is Cc1ccc(C2NC(C)C(=O)N2C2CC2)cc1. The van der Waals surface area contributed by atoms with Crippen molar-refractivity contribution in [2.75, 3.05) is 0 Å². The molecule has 3 heteroatoms. The fourth-order valence-electron chi connectivity index (χ4n) is 2.49. The van der Waals surface area contributed by atoms with E-state index in [-0.39, 0.29) is 18.1 Å². The second kappa shape index (κ2) is 3.84. The molecule has 1 aliphatic carbocycles. The maximum Gasteiger partial charge on any atom is 0.241 e. The van der Waals surface area contributed by atoms with Gasteiger partial charge in [-0.15, -0.1) is 0 Å². The lowest BCUT2D eigenvalue weighted by atomic mass is 10.1. The summed E-state index contributed by atoms with van der Waals surface area (Å²) in [6, 6.07) is 8.86. The third-order valence-corrected chi connectivity index (χ3v) is 3.64. The molecule has 1 aromatic rings. The van der Waals surface area contributed by atoms with Crippen LogP contribution in [0.5, 0.6) is 0 Å². The number of amides is 1. The van der Waals surface area contributed by atoms with Crippen LogP contribution in [-0.2, 0) is 4.79 Å². The van der Waals surface area contributed by atoms with Crippen molar-refractivity contribution in [1.82, 2.24) is 10.2 Å². The van der Waals surface area contributed by atoms with Crippen molar-refractivity contribution in [1.29, 1.82) is 0 Å². The molecule has 2 atom stereocenters. The van der Waals surface area contributed by atoms with Crippen molar-refractivity contribution in [2.45, 2.75) is 44.9 Å². The van der Waals surface area contributed by atoms with Gasteiger partial charge in [-0.2, -0.15) is 0 Å². The number of nitrogens with one attached hydrogen (secondary N) is 1. The van der Waals surface area contributed by atoms with Gasteiger partial charge in [0.15, 0.2) is 0 Å². The Kier molecular flexibility index (Phi) is 2.44. The summed E-state index contributed by atoms with van der Waals surface area (Å²) in [4.78, 5) is 14.1. The van der Waals surface area contributed by atoms with E-state index in [9.17, 15) is 4.79 Å². The Morgan fingerprint density at radius 3 is 2.47 bits per heavy atom. The number of carbonyl (C=O) groups is 1. The molecule has 1 saturated carbocycles. The molecule has 2 unspecified atom stereocenters. The number of hydrogen-bond acceptors (Lipinski definition) is 2. The van der Waals surface area contributed by atoms with E-state index < -0.39 is 0 Å². The molecule has 3 nitrogen and oxygen atoms in total. The molecule has 2 aliphatic rings. The molecular formula is C14H18N2O. The Bertz CT molecular complexity index is 436. The number of hydrogen-bond donors (Lipinski definition) is 1. The topological polar surface area (TPSA) is 32.3 Å². The molecule has 3 rings (SSSR count). The number of carbonyl (C=O) groups excluding carboxylic acids is 1. The van der Waals surface area contributed by atoms with Crippen LogP contribution in [0.15, 0.2) is 24.3 Å². The smallest absolute Gasteiger partial charge is 0.241 e. The van der Waals surface area contributed by atoms with E-state index in [0.717, 1.165) is 12.8 Å². The highest BCUT2D eigenvalue weighted by Crippen LogP contribution is 2.37.